The summed E-state index contributed by atoms with van der Waals surface area (Å²) in [6.45, 7) is 2.15. The third-order valence-corrected chi connectivity index (χ3v) is 8.27. The van der Waals surface area contributed by atoms with Crippen LogP contribution in [0, 0.1) is 0 Å². The molecular formula is C33H48Cl2NO6P. The fourth-order valence-electron chi connectivity index (χ4n) is 4.65. The van der Waals surface area contributed by atoms with E-state index in [-0.39, 0.29) is 19.1 Å². The Labute approximate surface area is 267 Å². The number of benzene rings is 2. The van der Waals surface area contributed by atoms with E-state index in [0.29, 0.717) is 34.2 Å². The minimum absolute atomic E-state index is 0.158. The second-order valence-electron chi connectivity index (χ2n) is 10.9. The molecule has 1 amide bonds. The molecule has 0 radical (unpaired) electrons. The van der Waals surface area contributed by atoms with Gasteiger partial charge in [0.15, 0.2) is 0 Å². The van der Waals surface area contributed by atoms with Gasteiger partial charge in [-0.05, 0) is 68.4 Å². The van der Waals surface area contributed by atoms with Gasteiger partial charge in [-0.25, -0.2) is 4.57 Å². The zero-order valence-corrected chi connectivity index (χ0v) is 27.7. The summed E-state index contributed by atoms with van der Waals surface area (Å²) in [6.07, 6.45) is 19.3. The molecule has 0 bridgehead atoms. The van der Waals surface area contributed by atoms with E-state index >= 15 is 0 Å². The maximum Gasteiger partial charge on any atom is 0.469 e. The number of phosphoric ester groups is 1. The van der Waals surface area contributed by atoms with Gasteiger partial charge in [0.2, 0.25) is 5.91 Å². The van der Waals surface area contributed by atoms with Crippen molar-refractivity contribution in [1.82, 2.24) is 5.32 Å². The van der Waals surface area contributed by atoms with E-state index in [9.17, 15) is 19.1 Å². The molecule has 240 valence electrons. The summed E-state index contributed by atoms with van der Waals surface area (Å²) in [4.78, 5) is 31.0. The van der Waals surface area contributed by atoms with Crippen LogP contribution in [0.5, 0.6) is 5.75 Å². The van der Waals surface area contributed by atoms with Gasteiger partial charge in [-0.2, -0.15) is 0 Å². The average molecular weight is 657 g/mol. The fraction of sp³-hybridized carbons (Fsp3) is 0.545. The highest BCUT2D eigenvalue weighted by molar-refractivity contribution is 7.46. The number of allylic oxidation sites excluding steroid dienone is 2. The third-order valence-electron chi connectivity index (χ3n) is 7.07. The molecule has 0 spiro atoms. The van der Waals surface area contributed by atoms with Crippen molar-refractivity contribution in [1.29, 1.82) is 0 Å². The molecule has 1 atom stereocenters. The van der Waals surface area contributed by atoms with Crippen molar-refractivity contribution in [3.8, 4) is 5.75 Å². The van der Waals surface area contributed by atoms with Crippen molar-refractivity contribution in [2.75, 3.05) is 6.61 Å². The smallest absolute Gasteiger partial charge is 0.469 e. The van der Waals surface area contributed by atoms with Gasteiger partial charge >= 0.3 is 7.82 Å². The van der Waals surface area contributed by atoms with Crippen molar-refractivity contribution >= 4 is 36.9 Å². The van der Waals surface area contributed by atoms with Crippen LogP contribution in [0.2, 0.25) is 10.0 Å². The SMILES string of the molecule is CCCCCCCC/C=C\CCCCCCC(=O)NC(COP(=O)(O)O)Cc1ccc(OCc2c(Cl)cccc2Cl)cc1. The minimum atomic E-state index is -4.67. The lowest BCUT2D eigenvalue weighted by Crippen LogP contribution is -2.39. The number of nitrogens with one attached hydrogen (secondary N) is 1. The molecule has 0 aliphatic heterocycles. The summed E-state index contributed by atoms with van der Waals surface area (Å²) in [7, 11) is -4.67. The first-order valence-corrected chi connectivity index (χ1v) is 17.8. The van der Waals surface area contributed by atoms with Crippen LogP contribution in [0.25, 0.3) is 0 Å². The highest BCUT2D eigenvalue weighted by Gasteiger charge is 2.20. The lowest BCUT2D eigenvalue weighted by atomic mass is 10.1. The predicted octanol–water partition coefficient (Wildman–Crippen LogP) is 9.36. The van der Waals surface area contributed by atoms with Gasteiger partial charge in [0.1, 0.15) is 12.4 Å². The fourth-order valence-corrected chi connectivity index (χ4v) is 5.53. The highest BCUT2D eigenvalue weighted by Crippen LogP contribution is 2.36. The molecule has 0 aliphatic carbocycles. The quantitative estimate of drug-likeness (QED) is 0.0626. The summed E-state index contributed by atoms with van der Waals surface area (Å²) in [6, 6.07) is 11.9. The van der Waals surface area contributed by atoms with E-state index in [2.05, 4.69) is 24.4 Å². The van der Waals surface area contributed by atoms with Crippen molar-refractivity contribution in [2.45, 2.75) is 109 Å². The molecule has 0 aromatic heterocycles. The molecule has 43 heavy (non-hydrogen) atoms. The number of halogens is 2. The summed E-state index contributed by atoms with van der Waals surface area (Å²) in [5.41, 5.74) is 1.55. The first kappa shape index (κ1) is 37.3. The first-order valence-electron chi connectivity index (χ1n) is 15.5. The Hall–Kier alpha value is -1.86. The molecule has 2 aromatic carbocycles. The zero-order valence-electron chi connectivity index (χ0n) is 25.3. The molecule has 0 heterocycles. The highest BCUT2D eigenvalue weighted by atomic mass is 35.5. The van der Waals surface area contributed by atoms with E-state index in [4.69, 9.17) is 32.5 Å². The number of carbonyl (C=O) groups is 1. The second kappa shape index (κ2) is 21.8. The molecule has 3 N–H and O–H groups in total. The largest absolute Gasteiger partial charge is 0.489 e. The maximum atomic E-state index is 12.6. The van der Waals surface area contributed by atoms with Crippen molar-refractivity contribution in [3.05, 3.63) is 75.8 Å². The van der Waals surface area contributed by atoms with E-state index in [1.165, 1.54) is 38.5 Å². The van der Waals surface area contributed by atoms with Gasteiger partial charge in [-0.3, -0.25) is 9.32 Å². The van der Waals surface area contributed by atoms with E-state index in [1.807, 2.05) is 12.1 Å². The Morgan fingerprint density at radius 3 is 2.07 bits per heavy atom. The number of unbranched alkanes of at least 4 members (excludes halogenated alkanes) is 10. The van der Waals surface area contributed by atoms with Crippen LogP contribution >= 0.6 is 31.0 Å². The van der Waals surface area contributed by atoms with Crippen LogP contribution < -0.4 is 10.1 Å². The molecular weight excluding hydrogens is 608 g/mol. The van der Waals surface area contributed by atoms with E-state index in [0.717, 1.165) is 44.1 Å². The zero-order chi connectivity index (χ0) is 31.3. The standard InChI is InChI=1S/C33H48Cl2NO6P/c1-2-3-4-5-6-7-8-9-10-11-12-13-14-15-19-33(37)36-28(25-42-43(38,39)40)24-27-20-22-29(23-21-27)41-26-30-31(34)17-16-18-32(30)35/h9-10,16-18,20-23,28H,2-8,11-15,19,24-26H2,1H3,(H,36,37)(H2,38,39,40)/b10-9-. The molecule has 2 rings (SSSR count). The van der Waals surface area contributed by atoms with Crippen molar-refractivity contribution in [2.24, 2.45) is 0 Å². The number of phosphoric acid groups is 1. The van der Waals surface area contributed by atoms with Crippen molar-refractivity contribution < 1.29 is 28.4 Å². The number of amides is 1. The van der Waals surface area contributed by atoms with Crippen LogP contribution in [0.4, 0.5) is 0 Å². The van der Waals surface area contributed by atoms with Crippen LogP contribution in [-0.4, -0.2) is 28.3 Å². The van der Waals surface area contributed by atoms with Gasteiger partial charge in [-0.15, -0.1) is 0 Å². The molecule has 0 saturated carbocycles. The Morgan fingerprint density at radius 1 is 0.884 bits per heavy atom. The molecule has 0 aliphatic rings. The normalized spacial score (nSPS) is 12.5. The first-order chi connectivity index (χ1) is 20.7. The summed E-state index contributed by atoms with van der Waals surface area (Å²) in [5.74, 6) is 0.454. The van der Waals surface area contributed by atoms with Gasteiger partial charge < -0.3 is 19.8 Å². The molecule has 1 unspecified atom stereocenters. The predicted molar refractivity (Wildman–Crippen MR) is 176 cm³/mol. The Balaban J connectivity index is 1.71. The monoisotopic (exact) mass is 655 g/mol. The molecule has 2 aromatic rings. The van der Waals surface area contributed by atoms with E-state index in [1.54, 1.807) is 30.3 Å². The average Bonchev–Trinajstić information content (AvgIpc) is 2.96. The Bertz CT molecular complexity index is 1120. The number of hydrogen-bond donors (Lipinski definition) is 3. The summed E-state index contributed by atoms with van der Waals surface area (Å²) in [5, 5.41) is 3.93. The minimum Gasteiger partial charge on any atom is -0.489 e. The van der Waals surface area contributed by atoms with Gasteiger partial charge in [0, 0.05) is 22.0 Å². The number of rotatable bonds is 23. The molecule has 7 nitrogen and oxygen atoms in total. The third kappa shape index (κ3) is 17.9. The number of hydrogen-bond acceptors (Lipinski definition) is 4. The van der Waals surface area contributed by atoms with Crippen molar-refractivity contribution in [3.63, 3.8) is 0 Å². The molecule has 10 heteroatoms. The van der Waals surface area contributed by atoms with Crippen LogP contribution in [0.15, 0.2) is 54.6 Å². The van der Waals surface area contributed by atoms with Crippen LogP contribution in [0.1, 0.15) is 102 Å². The lowest BCUT2D eigenvalue weighted by Gasteiger charge is -2.19. The Kier molecular flexibility index (Phi) is 18.9. The second-order valence-corrected chi connectivity index (χ2v) is 12.9. The topological polar surface area (TPSA) is 105 Å². The lowest BCUT2D eigenvalue weighted by molar-refractivity contribution is -0.122. The Morgan fingerprint density at radius 2 is 1.47 bits per heavy atom. The van der Waals surface area contributed by atoms with Gasteiger partial charge in [-0.1, -0.05) is 105 Å². The summed E-state index contributed by atoms with van der Waals surface area (Å²) >= 11 is 12.4. The number of ether oxygens (including phenoxy) is 1. The van der Waals surface area contributed by atoms with Gasteiger partial charge in [0.25, 0.3) is 0 Å². The van der Waals surface area contributed by atoms with Crippen LogP contribution in [0.3, 0.4) is 0 Å². The number of carbonyl (C=O) groups excluding carboxylic acids is 1. The maximum absolute atomic E-state index is 12.6. The van der Waals surface area contributed by atoms with Crippen LogP contribution in [-0.2, 0) is 26.9 Å². The van der Waals surface area contributed by atoms with E-state index < -0.39 is 13.9 Å². The van der Waals surface area contributed by atoms with Gasteiger partial charge in [0.05, 0.1) is 12.6 Å². The molecule has 0 fully saturated rings. The molecule has 0 saturated heterocycles. The summed E-state index contributed by atoms with van der Waals surface area (Å²) < 4.78 is 21.8.